The van der Waals surface area contributed by atoms with E-state index in [1.165, 1.54) is 0 Å². The number of nitrogens with zero attached hydrogens (tertiary/aromatic N) is 6. The Bertz CT molecular complexity index is 1480. The minimum Gasteiger partial charge on any atom is -0.354 e. The van der Waals surface area contributed by atoms with Crippen LogP contribution in [0.4, 0.5) is 17.3 Å². The van der Waals surface area contributed by atoms with Crippen LogP contribution in [0.1, 0.15) is 61.4 Å². The first kappa shape index (κ1) is 29.9. The molecule has 3 aromatic heterocycles. The summed E-state index contributed by atoms with van der Waals surface area (Å²) < 4.78 is 5.18. The van der Waals surface area contributed by atoms with Gasteiger partial charge in [-0.2, -0.15) is 4.98 Å². The van der Waals surface area contributed by atoms with Gasteiger partial charge in [-0.1, -0.05) is 38.1 Å². The van der Waals surface area contributed by atoms with Gasteiger partial charge >= 0.3 is 11.8 Å². The molecule has 1 saturated heterocycles. The first-order valence-electron chi connectivity index (χ1n) is 13.4. The first-order chi connectivity index (χ1) is 19.2. The normalized spacial score (nSPS) is 14.2. The van der Waals surface area contributed by atoms with Gasteiger partial charge in [0.1, 0.15) is 18.0 Å². The fourth-order valence-corrected chi connectivity index (χ4v) is 4.55. The van der Waals surface area contributed by atoms with Crippen LogP contribution in [0.15, 0.2) is 53.4 Å². The Morgan fingerprint density at radius 1 is 1.07 bits per heavy atom. The summed E-state index contributed by atoms with van der Waals surface area (Å²) >= 11 is 0. The van der Waals surface area contributed by atoms with Crippen LogP contribution in [-0.4, -0.2) is 57.2 Å². The number of rotatable bonds is 7. The molecule has 1 fully saturated rings. The van der Waals surface area contributed by atoms with Gasteiger partial charge in [0.15, 0.2) is 5.82 Å². The van der Waals surface area contributed by atoms with Gasteiger partial charge in [-0.05, 0) is 43.2 Å². The summed E-state index contributed by atoms with van der Waals surface area (Å²) in [5, 5.41) is 13.6. The molecule has 12 heteroatoms. The second-order valence-electron chi connectivity index (χ2n) is 11.0. The molecule has 0 saturated carbocycles. The first-order valence-corrected chi connectivity index (χ1v) is 13.4. The number of hydrogen-bond donors (Lipinski definition) is 3. The Morgan fingerprint density at radius 3 is 2.51 bits per heavy atom. The zero-order valence-corrected chi connectivity index (χ0v) is 24.7. The molecule has 0 bridgehead atoms. The topological polar surface area (TPSA) is 134 Å². The molecule has 1 atom stereocenters. The summed E-state index contributed by atoms with van der Waals surface area (Å²) in [6.07, 6.45) is 3.37. The zero-order valence-electron chi connectivity index (χ0n) is 23.9. The second kappa shape index (κ2) is 12.6. The highest BCUT2D eigenvalue weighted by Crippen LogP contribution is 2.27. The molecule has 1 aliphatic heterocycles. The highest BCUT2D eigenvalue weighted by molar-refractivity contribution is 5.89. The smallest absolute Gasteiger partial charge is 0.315 e. The number of carbonyl (C=O) groups excluding carboxylic acids is 1. The van der Waals surface area contributed by atoms with E-state index in [-0.39, 0.29) is 29.8 Å². The molecule has 0 unspecified atom stereocenters. The van der Waals surface area contributed by atoms with E-state index in [0.29, 0.717) is 11.6 Å². The van der Waals surface area contributed by atoms with Crippen LogP contribution in [0.25, 0.3) is 11.3 Å². The predicted octanol–water partition coefficient (Wildman–Crippen LogP) is 4.59. The maximum atomic E-state index is 12.7. The fraction of sp³-hybridized carbons (Fsp3) is 0.379. The number of halogens is 1. The van der Waals surface area contributed by atoms with Crippen molar-refractivity contribution in [3.63, 3.8) is 0 Å². The van der Waals surface area contributed by atoms with Gasteiger partial charge in [0, 0.05) is 43.2 Å². The summed E-state index contributed by atoms with van der Waals surface area (Å²) in [6, 6.07) is 11.7. The van der Waals surface area contributed by atoms with Crippen LogP contribution in [0.2, 0.25) is 0 Å². The van der Waals surface area contributed by atoms with Crippen molar-refractivity contribution in [2.45, 2.75) is 46.1 Å². The number of piperazine rings is 1. The molecule has 4 heterocycles. The third kappa shape index (κ3) is 7.17. The van der Waals surface area contributed by atoms with Crippen molar-refractivity contribution in [2.24, 2.45) is 0 Å². The number of pyridine rings is 1. The maximum Gasteiger partial charge on any atom is 0.315 e. The minimum atomic E-state index is -0.402. The van der Waals surface area contributed by atoms with Crippen molar-refractivity contribution < 1.29 is 9.32 Å². The molecule has 0 aliphatic carbocycles. The Hall–Kier alpha value is -4.09. The Balaban J connectivity index is 0.00000387. The van der Waals surface area contributed by atoms with Crippen molar-refractivity contribution in [3.8, 4) is 11.3 Å². The van der Waals surface area contributed by atoms with Gasteiger partial charge in [-0.15, -0.1) is 12.4 Å². The lowest BCUT2D eigenvalue weighted by atomic mass is 9.96. The van der Waals surface area contributed by atoms with Crippen molar-refractivity contribution >= 4 is 35.6 Å². The van der Waals surface area contributed by atoms with Crippen LogP contribution >= 0.6 is 12.4 Å². The Morgan fingerprint density at radius 2 is 1.85 bits per heavy atom. The number of aryl methyl sites for hydroxylation is 1. The lowest BCUT2D eigenvalue weighted by Gasteiger charge is -2.28. The molecule has 5 rings (SSSR count). The fourth-order valence-electron chi connectivity index (χ4n) is 4.55. The third-order valence-corrected chi connectivity index (χ3v) is 6.80. The molecule has 4 aromatic rings. The molecule has 11 nitrogen and oxygen atoms in total. The van der Waals surface area contributed by atoms with E-state index >= 15 is 0 Å². The van der Waals surface area contributed by atoms with E-state index in [1.807, 2.05) is 71.1 Å². The maximum absolute atomic E-state index is 12.7. The number of amides is 1. The molecule has 0 spiro atoms. The second-order valence-corrected chi connectivity index (χ2v) is 11.0. The van der Waals surface area contributed by atoms with Crippen LogP contribution in [0.5, 0.6) is 0 Å². The number of aromatic nitrogens is 5. The number of anilines is 3. The highest BCUT2D eigenvalue weighted by atomic mass is 35.5. The van der Waals surface area contributed by atoms with E-state index in [4.69, 9.17) is 4.52 Å². The third-order valence-electron chi connectivity index (χ3n) is 6.80. The lowest BCUT2D eigenvalue weighted by Crippen LogP contribution is -2.43. The highest BCUT2D eigenvalue weighted by Gasteiger charge is 2.25. The van der Waals surface area contributed by atoms with E-state index in [1.54, 1.807) is 6.33 Å². The zero-order chi connectivity index (χ0) is 28.3. The van der Waals surface area contributed by atoms with Gasteiger partial charge < -0.3 is 25.4 Å². The standard InChI is InChI=1S/C29H35N9O2.ClH/c1-18-14-20(6-8-22(18)19(2)34-26(39)27-36-28(37-40-27)29(3,4)5)23-15-24(33-17-32-23)35-21-7-9-25(31-16-21)38-12-10-30-11-13-38;/h6-9,14-17,19,30H,10-13H2,1-5H3,(H,34,39)(H,32,33,35);1H/t19-;/m1./s1. The molecule has 0 radical (unpaired) electrons. The van der Waals surface area contributed by atoms with E-state index in [0.717, 1.165) is 60.1 Å². The Kier molecular flexibility index (Phi) is 9.19. The molecular formula is C29H36ClN9O2. The van der Waals surface area contributed by atoms with Gasteiger partial charge in [0.2, 0.25) is 0 Å². The lowest BCUT2D eigenvalue weighted by molar-refractivity contribution is 0.0895. The van der Waals surface area contributed by atoms with Crippen LogP contribution in [-0.2, 0) is 5.41 Å². The molecule has 41 heavy (non-hydrogen) atoms. The van der Waals surface area contributed by atoms with Gasteiger partial charge in [-0.3, -0.25) is 4.79 Å². The summed E-state index contributed by atoms with van der Waals surface area (Å²) in [5.41, 5.74) is 4.29. The summed E-state index contributed by atoms with van der Waals surface area (Å²) in [6.45, 7) is 13.7. The molecule has 3 N–H and O–H groups in total. The largest absolute Gasteiger partial charge is 0.354 e. The van der Waals surface area contributed by atoms with Gasteiger partial charge in [-0.25, -0.2) is 15.0 Å². The average molecular weight is 578 g/mol. The quantitative estimate of drug-likeness (QED) is 0.286. The van der Waals surface area contributed by atoms with E-state index in [9.17, 15) is 4.79 Å². The molecule has 216 valence electrons. The number of carbonyl (C=O) groups is 1. The summed E-state index contributed by atoms with van der Waals surface area (Å²) in [4.78, 5) is 32.7. The van der Waals surface area contributed by atoms with Crippen molar-refractivity contribution in [2.75, 3.05) is 36.4 Å². The molecular weight excluding hydrogens is 542 g/mol. The van der Waals surface area contributed by atoms with Crippen LogP contribution in [0.3, 0.4) is 0 Å². The molecule has 1 aliphatic rings. The van der Waals surface area contributed by atoms with E-state index < -0.39 is 5.91 Å². The monoisotopic (exact) mass is 577 g/mol. The van der Waals surface area contributed by atoms with E-state index in [2.05, 4.69) is 52.0 Å². The van der Waals surface area contributed by atoms with Crippen molar-refractivity contribution in [3.05, 3.63) is 71.8 Å². The predicted molar refractivity (Wildman–Crippen MR) is 161 cm³/mol. The van der Waals surface area contributed by atoms with Gasteiger partial charge in [0.25, 0.3) is 0 Å². The summed E-state index contributed by atoms with van der Waals surface area (Å²) in [5.74, 6) is 1.70. The SMILES string of the molecule is Cc1cc(-c2cc(Nc3ccc(N4CCNCC4)nc3)ncn2)ccc1[C@@H](C)NC(=O)c1nc(C(C)(C)C)no1.Cl. The number of hydrogen-bond acceptors (Lipinski definition) is 10. The summed E-state index contributed by atoms with van der Waals surface area (Å²) in [7, 11) is 0. The average Bonchev–Trinajstić information content (AvgIpc) is 3.46. The van der Waals surface area contributed by atoms with Crippen molar-refractivity contribution in [1.29, 1.82) is 0 Å². The van der Waals surface area contributed by atoms with Crippen LogP contribution < -0.4 is 20.9 Å². The molecule has 1 aromatic carbocycles. The molecule has 1 amide bonds. The van der Waals surface area contributed by atoms with Crippen LogP contribution in [0, 0.1) is 6.92 Å². The van der Waals surface area contributed by atoms with Crippen molar-refractivity contribution in [1.82, 2.24) is 35.7 Å². The number of benzene rings is 1. The number of nitrogens with one attached hydrogen (secondary N) is 3. The minimum absolute atomic E-state index is 0. The Labute approximate surface area is 246 Å². The van der Waals surface area contributed by atoms with Gasteiger partial charge in [0.05, 0.1) is 23.6 Å².